The first kappa shape index (κ1) is 10.2. The van der Waals surface area contributed by atoms with Gasteiger partial charge in [-0.3, -0.25) is 0 Å². The highest BCUT2D eigenvalue weighted by atomic mass is 19.4. The van der Waals surface area contributed by atoms with Gasteiger partial charge < -0.3 is 4.74 Å². The van der Waals surface area contributed by atoms with Gasteiger partial charge in [0.05, 0.1) is 12.7 Å². The van der Waals surface area contributed by atoms with Crippen molar-refractivity contribution in [3.8, 4) is 0 Å². The molecule has 0 aromatic heterocycles. The first-order valence-corrected chi connectivity index (χ1v) is 3.96. The van der Waals surface area contributed by atoms with Crippen molar-refractivity contribution in [1.82, 2.24) is 0 Å². The Kier molecular flexibility index (Phi) is 2.68. The molecule has 0 saturated carbocycles. The monoisotopic (exact) mass is 192 g/mol. The maximum atomic E-state index is 12.4. The van der Waals surface area contributed by atoms with Gasteiger partial charge in [0, 0.05) is 6.42 Å². The molecule has 13 heavy (non-hydrogen) atoms. The van der Waals surface area contributed by atoms with Crippen LogP contribution in [-0.2, 0) is 4.74 Å². The lowest BCUT2D eigenvalue weighted by atomic mass is 9.98. The summed E-state index contributed by atoms with van der Waals surface area (Å²) in [6.45, 7) is 1.69. The molecule has 0 fully saturated rings. The highest BCUT2D eigenvalue weighted by Gasteiger charge is 2.36. The molecule has 0 atom stereocenters. The third kappa shape index (κ3) is 2.26. The van der Waals surface area contributed by atoms with Gasteiger partial charge in [0.2, 0.25) is 0 Å². The van der Waals surface area contributed by atoms with Crippen LogP contribution in [-0.4, -0.2) is 13.3 Å². The highest BCUT2D eigenvalue weighted by Crippen LogP contribution is 2.35. The second-order valence-corrected chi connectivity index (χ2v) is 3.03. The molecule has 0 aromatic rings. The van der Waals surface area contributed by atoms with Crippen molar-refractivity contribution in [2.75, 3.05) is 7.11 Å². The predicted molar refractivity (Wildman–Crippen MR) is 43.1 cm³/mol. The number of hydrogen-bond donors (Lipinski definition) is 0. The van der Waals surface area contributed by atoms with E-state index in [1.165, 1.54) is 7.11 Å². The summed E-state index contributed by atoms with van der Waals surface area (Å²) in [5.74, 6) is 0.0399. The van der Waals surface area contributed by atoms with E-state index in [2.05, 4.69) is 0 Å². The molecule has 0 heterocycles. The Morgan fingerprint density at radius 1 is 1.31 bits per heavy atom. The Morgan fingerprint density at radius 2 is 1.92 bits per heavy atom. The Bertz CT molecular complexity index is 261. The molecule has 0 spiro atoms. The van der Waals surface area contributed by atoms with Crippen LogP contribution in [0.5, 0.6) is 0 Å². The zero-order chi connectivity index (χ0) is 10.1. The molecule has 0 bridgehead atoms. The summed E-state index contributed by atoms with van der Waals surface area (Å²) >= 11 is 0. The van der Waals surface area contributed by atoms with Gasteiger partial charge in [0.1, 0.15) is 5.76 Å². The van der Waals surface area contributed by atoms with Crippen molar-refractivity contribution in [3.05, 3.63) is 23.0 Å². The van der Waals surface area contributed by atoms with Gasteiger partial charge in [0.15, 0.2) is 0 Å². The van der Waals surface area contributed by atoms with E-state index in [1.54, 1.807) is 6.92 Å². The summed E-state index contributed by atoms with van der Waals surface area (Å²) in [5, 5.41) is 0. The SMILES string of the molecule is COC1=C(C(F)(F)F)C=C(C)CC1. The van der Waals surface area contributed by atoms with Crippen LogP contribution in [0.15, 0.2) is 23.0 Å². The second-order valence-electron chi connectivity index (χ2n) is 3.03. The van der Waals surface area contributed by atoms with Crippen molar-refractivity contribution >= 4 is 0 Å². The lowest BCUT2D eigenvalue weighted by molar-refractivity contribution is -0.0919. The summed E-state index contributed by atoms with van der Waals surface area (Å²) in [5.41, 5.74) is 0.104. The van der Waals surface area contributed by atoms with Gasteiger partial charge >= 0.3 is 6.18 Å². The van der Waals surface area contributed by atoms with E-state index >= 15 is 0 Å². The summed E-state index contributed by atoms with van der Waals surface area (Å²) < 4.78 is 41.8. The third-order valence-electron chi connectivity index (χ3n) is 1.99. The van der Waals surface area contributed by atoms with Gasteiger partial charge in [-0.05, 0) is 19.4 Å². The van der Waals surface area contributed by atoms with Gasteiger partial charge in [0.25, 0.3) is 0 Å². The molecular weight excluding hydrogens is 181 g/mol. The predicted octanol–water partition coefficient (Wildman–Crippen LogP) is 3.19. The quantitative estimate of drug-likeness (QED) is 0.620. The normalized spacial score (nSPS) is 18.7. The van der Waals surface area contributed by atoms with Crippen molar-refractivity contribution in [1.29, 1.82) is 0 Å². The van der Waals surface area contributed by atoms with Crippen LogP contribution in [0.3, 0.4) is 0 Å². The lowest BCUT2D eigenvalue weighted by Crippen LogP contribution is -2.16. The first-order chi connectivity index (χ1) is 5.95. The van der Waals surface area contributed by atoms with Crippen LogP contribution in [0.25, 0.3) is 0 Å². The van der Waals surface area contributed by atoms with E-state index in [0.29, 0.717) is 12.8 Å². The van der Waals surface area contributed by atoms with E-state index in [0.717, 1.165) is 11.6 Å². The molecule has 0 aliphatic heterocycles. The molecule has 0 N–H and O–H groups in total. The van der Waals surface area contributed by atoms with Crippen molar-refractivity contribution < 1.29 is 17.9 Å². The van der Waals surface area contributed by atoms with E-state index in [9.17, 15) is 13.2 Å². The highest BCUT2D eigenvalue weighted by molar-refractivity contribution is 5.33. The van der Waals surface area contributed by atoms with Gasteiger partial charge in [-0.2, -0.15) is 13.2 Å². The molecule has 1 aliphatic rings. The Hall–Kier alpha value is -0.930. The topological polar surface area (TPSA) is 9.23 Å². The average molecular weight is 192 g/mol. The molecule has 0 saturated heterocycles. The Morgan fingerprint density at radius 3 is 2.38 bits per heavy atom. The molecule has 0 aromatic carbocycles. The molecule has 0 radical (unpaired) electrons. The number of alkyl halides is 3. The van der Waals surface area contributed by atoms with Gasteiger partial charge in [-0.15, -0.1) is 0 Å². The Balaban J connectivity index is 3.06. The number of ether oxygens (including phenoxy) is 1. The standard InChI is InChI=1S/C9H11F3O/c1-6-3-4-8(13-2)7(5-6)9(10,11)12/h5H,3-4H2,1-2H3. The molecule has 0 amide bonds. The second kappa shape index (κ2) is 3.44. The molecule has 4 heteroatoms. The molecule has 1 rings (SSSR count). The fraction of sp³-hybridized carbons (Fsp3) is 0.556. The lowest BCUT2D eigenvalue weighted by Gasteiger charge is -2.19. The van der Waals surface area contributed by atoms with Crippen LogP contribution >= 0.6 is 0 Å². The number of methoxy groups -OCH3 is 1. The van der Waals surface area contributed by atoms with Crippen molar-refractivity contribution in [3.63, 3.8) is 0 Å². The van der Waals surface area contributed by atoms with E-state index in [4.69, 9.17) is 4.74 Å². The Labute approximate surface area is 74.9 Å². The minimum atomic E-state index is -4.30. The summed E-state index contributed by atoms with van der Waals surface area (Å²) in [6, 6.07) is 0. The summed E-state index contributed by atoms with van der Waals surface area (Å²) in [4.78, 5) is 0. The largest absolute Gasteiger partial charge is 0.500 e. The summed E-state index contributed by atoms with van der Waals surface area (Å²) in [6.07, 6.45) is -2.16. The van der Waals surface area contributed by atoms with E-state index in [1.807, 2.05) is 0 Å². The van der Waals surface area contributed by atoms with E-state index < -0.39 is 11.7 Å². The zero-order valence-electron chi connectivity index (χ0n) is 7.53. The smallest absolute Gasteiger partial charge is 0.419 e. The van der Waals surface area contributed by atoms with E-state index in [-0.39, 0.29) is 5.76 Å². The minimum Gasteiger partial charge on any atom is -0.500 e. The van der Waals surface area contributed by atoms with Crippen molar-refractivity contribution in [2.45, 2.75) is 25.9 Å². The first-order valence-electron chi connectivity index (χ1n) is 3.96. The number of rotatable bonds is 1. The van der Waals surface area contributed by atoms with Crippen LogP contribution in [0.2, 0.25) is 0 Å². The van der Waals surface area contributed by atoms with Gasteiger partial charge in [-0.25, -0.2) is 0 Å². The van der Waals surface area contributed by atoms with Gasteiger partial charge in [-0.1, -0.05) is 5.57 Å². The maximum absolute atomic E-state index is 12.4. The van der Waals surface area contributed by atoms with Crippen LogP contribution in [0.4, 0.5) is 13.2 Å². The number of halogens is 3. The molecule has 1 nitrogen and oxygen atoms in total. The molecular formula is C9H11F3O. The molecule has 1 aliphatic carbocycles. The van der Waals surface area contributed by atoms with Crippen LogP contribution in [0, 0.1) is 0 Å². The fourth-order valence-corrected chi connectivity index (χ4v) is 1.30. The fourth-order valence-electron chi connectivity index (χ4n) is 1.30. The summed E-state index contributed by atoms with van der Waals surface area (Å²) in [7, 11) is 1.27. The minimum absolute atomic E-state index is 0.0399. The van der Waals surface area contributed by atoms with Crippen LogP contribution < -0.4 is 0 Å². The number of hydrogen-bond acceptors (Lipinski definition) is 1. The molecule has 0 unspecified atom stereocenters. The zero-order valence-corrected chi connectivity index (χ0v) is 7.53. The number of allylic oxidation sites excluding steroid dienone is 4. The third-order valence-corrected chi connectivity index (χ3v) is 1.99. The molecule has 74 valence electrons. The van der Waals surface area contributed by atoms with Crippen LogP contribution in [0.1, 0.15) is 19.8 Å². The average Bonchev–Trinajstić information content (AvgIpc) is 2.03. The maximum Gasteiger partial charge on any atom is 0.419 e. The van der Waals surface area contributed by atoms with Crippen molar-refractivity contribution in [2.24, 2.45) is 0 Å².